The molecular formula is C20H15FN2O2. The molecule has 1 aromatic heterocycles. The predicted molar refractivity (Wildman–Crippen MR) is 95.1 cm³/mol. The molecule has 3 aromatic rings. The topological polar surface area (TPSA) is 65.9 Å². The largest absolute Gasteiger partial charge is 0.497 e. The van der Waals surface area contributed by atoms with E-state index >= 15 is 0 Å². The number of aromatic amines is 1. The Morgan fingerprint density at radius 1 is 1.36 bits per heavy atom. The van der Waals surface area contributed by atoms with Crippen LogP contribution >= 0.6 is 0 Å². The van der Waals surface area contributed by atoms with E-state index in [1.165, 1.54) is 19.2 Å². The number of halogens is 1. The summed E-state index contributed by atoms with van der Waals surface area (Å²) in [4.78, 5) is 15.2. The molecule has 0 radical (unpaired) electrons. The summed E-state index contributed by atoms with van der Waals surface area (Å²) in [5.74, 6) is 0.141. The number of benzene rings is 2. The second-order valence-corrected chi connectivity index (χ2v) is 5.53. The van der Waals surface area contributed by atoms with E-state index in [9.17, 15) is 14.4 Å². The average Bonchev–Trinajstić information content (AvgIpc) is 2.61. The van der Waals surface area contributed by atoms with E-state index in [1.807, 2.05) is 6.07 Å². The molecule has 5 heteroatoms. The molecule has 1 N–H and O–H groups in total. The van der Waals surface area contributed by atoms with Gasteiger partial charge in [0.2, 0.25) is 0 Å². The van der Waals surface area contributed by atoms with E-state index < -0.39 is 11.4 Å². The minimum Gasteiger partial charge on any atom is -0.497 e. The maximum atomic E-state index is 13.7. The monoisotopic (exact) mass is 334 g/mol. The third-order valence-electron chi connectivity index (χ3n) is 4.00. The summed E-state index contributed by atoms with van der Waals surface area (Å²) in [7, 11) is 1.54. The van der Waals surface area contributed by atoms with Crippen molar-refractivity contribution in [1.82, 2.24) is 4.98 Å². The number of allylic oxidation sites excluding steroid dienone is 1. The van der Waals surface area contributed by atoms with Crippen molar-refractivity contribution < 1.29 is 9.13 Å². The number of ether oxygens (including phenoxy) is 1. The molecule has 124 valence electrons. The summed E-state index contributed by atoms with van der Waals surface area (Å²) in [5, 5.41) is 10.1. The van der Waals surface area contributed by atoms with Gasteiger partial charge in [0.05, 0.1) is 12.6 Å². The fourth-order valence-electron chi connectivity index (χ4n) is 2.93. The molecule has 3 rings (SSSR count). The van der Waals surface area contributed by atoms with Crippen LogP contribution in [0.4, 0.5) is 4.39 Å². The van der Waals surface area contributed by atoms with Crippen molar-refractivity contribution in [3.8, 4) is 22.9 Å². The number of hydrogen-bond acceptors (Lipinski definition) is 3. The molecule has 0 aliphatic rings. The van der Waals surface area contributed by atoms with Gasteiger partial charge >= 0.3 is 0 Å². The number of pyridine rings is 1. The van der Waals surface area contributed by atoms with E-state index in [-0.39, 0.29) is 5.56 Å². The van der Waals surface area contributed by atoms with Crippen molar-refractivity contribution in [1.29, 1.82) is 5.26 Å². The lowest BCUT2D eigenvalue weighted by Gasteiger charge is -2.13. The lowest BCUT2D eigenvalue weighted by atomic mass is 9.94. The van der Waals surface area contributed by atoms with Crippen LogP contribution in [0, 0.1) is 17.1 Å². The zero-order valence-electron chi connectivity index (χ0n) is 13.6. The lowest BCUT2D eigenvalue weighted by Crippen LogP contribution is -2.13. The molecule has 2 aromatic carbocycles. The molecular weight excluding hydrogens is 319 g/mol. The maximum Gasteiger partial charge on any atom is 0.267 e. The van der Waals surface area contributed by atoms with E-state index in [4.69, 9.17) is 4.74 Å². The molecule has 0 saturated heterocycles. The summed E-state index contributed by atoms with van der Waals surface area (Å²) in [6.45, 7) is 3.73. The Kier molecular flexibility index (Phi) is 4.36. The highest BCUT2D eigenvalue weighted by molar-refractivity contribution is 5.99. The molecule has 25 heavy (non-hydrogen) atoms. The minimum atomic E-state index is -0.509. The Labute approximate surface area is 143 Å². The van der Waals surface area contributed by atoms with Crippen molar-refractivity contribution in [2.24, 2.45) is 0 Å². The zero-order valence-corrected chi connectivity index (χ0v) is 13.6. The predicted octanol–water partition coefficient (Wildman–Crippen LogP) is 3.94. The summed E-state index contributed by atoms with van der Waals surface area (Å²) in [6.07, 6.45) is 2.23. The fourth-order valence-corrected chi connectivity index (χ4v) is 2.93. The van der Waals surface area contributed by atoms with Gasteiger partial charge in [0.25, 0.3) is 5.56 Å². The number of aromatic nitrogens is 1. The molecule has 0 atom stereocenters. The van der Waals surface area contributed by atoms with Gasteiger partial charge in [-0.05, 0) is 41.8 Å². The van der Waals surface area contributed by atoms with Crippen molar-refractivity contribution >= 4 is 10.9 Å². The van der Waals surface area contributed by atoms with Crippen LogP contribution < -0.4 is 10.3 Å². The first-order valence-electron chi connectivity index (χ1n) is 7.63. The van der Waals surface area contributed by atoms with Gasteiger partial charge in [-0.15, -0.1) is 6.58 Å². The SMILES string of the molecule is C=CCc1cc(OC)cc2c(-c3cccc(F)c3)c(C#N)c(=O)[nH]c12. The van der Waals surface area contributed by atoms with Gasteiger partial charge in [-0.2, -0.15) is 5.26 Å². The van der Waals surface area contributed by atoms with Crippen molar-refractivity contribution in [3.63, 3.8) is 0 Å². The third kappa shape index (κ3) is 2.90. The number of nitrogens with one attached hydrogen (secondary N) is 1. The fraction of sp³-hybridized carbons (Fsp3) is 0.100. The summed E-state index contributed by atoms with van der Waals surface area (Å²) >= 11 is 0. The lowest BCUT2D eigenvalue weighted by molar-refractivity contribution is 0.415. The highest BCUT2D eigenvalue weighted by Gasteiger charge is 2.17. The van der Waals surface area contributed by atoms with Gasteiger partial charge in [0.15, 0.2) is 0 Å². The number of methoxy groups -OCH3 is 1. The van der Waals surface area contributed by atoms with Crippen LogP contribution in [0.15, 0.2) is 53.8 Å². The standard InChI is InChI=1S/C20H15FN2O2/c1-3-5-13-9-15(25-2)10-16-18(12-6-4-7-14(21)8-12)17(11-22)20(24)23-19(13)16/h3-4,6-10H,1,5H2,2H3,(H,23,24). The van der Waals surface area contributed by atoms with Crippen molar-refractivity contribution in [2.45, 2.75) is 6.42 Å². The van der Waals surface area contributed by atoms with Crippen LogP contribution in [0.25, 0.3) is 22.0 Å². The minimum absolute atomic E-state index is 0.0593. The summed E-state index contributed by atoms with van der Waals surface area (Å²) in [5.41, 5.74) is 1.68. The molecule has 0 aliphatic carbocycles. The molecule has 0 bridgehead atoms. The Hall–Kier alpha value is -3.39. The Morgan fingerprint density at radius 2 is 2.16 bits per heavy atom. The first kappa shape index (κ1) is 16.5. The van der Waals surface area contributed by atoms with Gasteiger partial charge < -0.3 is 9.72 Å². The summed E-state index contributed by atoms with van der Waals surface area (Å²) in [6, 6.07) is 11.3. The number of nitriles is 1. The second-order valence-electron chi connectivity index (χ2n) is 5.53. The Morgan fingerprint density at radius 3 is 2.80 bits per heavy atom. The van der Waals surface area contributed by atoms with Crippen LogP contribution in [-0.4, -0.2) is 12.1 Å². The number of hydrogen-bond donors (Lipinski definition) is 1. The summed E-state index contributed by atoms with van der Waals surface area (Å²) < 4.78 is 19.1. The van der Waals surface area contributed by atoms with E-state index in [2.05, 4.69) is 11.6 Å². The van der Waals surface area contributed by atoms with Crippen LogP contribution in [0.5, 0.6) is 5.75 Å². The van der Waals surface area contributed by atoms with Gasteiger partial charge in [-0.1, -0.05) is 18.2 Å². The number of nitrogens with zero attached hydrogens (tertiary/aromatic N) is 1. The van der Waals surface area contributed by atoms with E-state index in [0.29, 0.717) is 34.2 Å². The normalized spacial score (nSPS) is 10.4. The number of fused-ring (bicyclic) bond motifs is 1. The zero-order chi connectivity index (χ0) is 18.0. The van der Waals surface area contributed by atoms with Crippen LogP contribution in [-0.2, 0) is 6.42 Å². The molecule has 4 nitrogen and oxygen atoms in total. The number of rotatable bonds is 4. The van der Waals surface area contributed by atoms with Crippen molar-refractivity contribution in [3.05, 3.63) is 76.4 Å². The molecule has 1 heterocycles. The Bertz CT molecular complexity index is 1080. The van der Waals surface area contributed by atoms with Crippen LogP contribution in [0.1, 0.15) is 11.1 Å². The highest BCUT2D eigenvalue weighted by atomic mass is 19.1. The molecule has 0 saturated carbocycles. The third-order valence-corrected chi connectivity index (χ3v) is 4.00. The van der Waals surface area contributed by atoms with Crippen molar-refractivity contribution in [2.75, 3.05) is 7.11 Å². The Balaban J connectivity index is 2.52. The van der Waals surface area contributed by atoms with Gasteiger partial charge in [0, 0.05) is 10.9 Å². The van der Waals surface area contributed by atoms with E-state index in [0.717, 1.165) is 5.56 Å². The molecule has 0 unspecified atom stereocenters. The molecule has 0 spiro atoms. The quantitative estimate of drug-likeness (QED) is 0.735. The van der Waals surface area contributed by atoms with Crippen LogP contribution in [0.3, 0.4) is 0 Å². The maximum absolute atomic E-state index is 13.7. The molecule has 0 amide bonds. The van der Waals surface area contributed by atoms with Gasteiger partial charge in [0.1, 0.15) is 23.2 Å². The van der Waals surface area contributed by atoms with Crippen LogP contribution in [0.2, 0.25) is 0 Å². The van der Waals surface area contributed by atoms with Gasteiger partial charge in [-0.25, -0.2) is 4.39 Å². The average molecular weight is 334 g/mol. The highest BCUT2D eigenvalue weighted by Crippen LogP contribution is 2.34. The smallest absolute Gasteiger partial charge is 0.267 e. The first-order valence-corrected chi connectivity index (χ1v) is 7.63. The number of H-pyrrole nitrogens is 1. The van der Waals surface area contributed by atoms with E-state index in [1.54, 1.807) is 30.3 Å². The molecule has 0 fully saturated rings. The molecule has 0 aliphatic heterocycles. The van der Waals surface area contributed by atoms with Gasteiger partial charge in [-0.3, -0.25) is 4.79 Å². The second kappa shape index (κ2) is 6.62. The first-order chi connectivity index (χ1) is 12.1.